The molecule has 3 N–H and O–H groups in total. The van der Waals surface area contributed by atoms with Crippen LogP contribution in [0.4, 0.5) is 5.82 Å². The van der Waals surface area contributed by atoms with Crippen molar-refractivity contribution in [2.75, 3.05) is 5.32 Å². The molecule has 0 aliphatic carbocycles. The zero-order chi connectivity index (χ0) is 11.4. The number of aryl methyl sites for hydroxylation is 1. The fourth-order valence-electron chi connectivity index (χ4n) is 1.54. The molecular formula is C11H18BrN3. The van der Waals surface area contributed by atoms with Gasteiger partial charge in [-0.1, -0.05) is 0 Å². The van der Waals surface area contributed by atoms with Crippen molar-refractivity contribution in [2.24, 2.45) is 5.73 Å². The van der Waals surface area contributed by atoms with Crippen LogP contribution >= 0.6 is 15.9 Å². The molecule has 84 valence electrons. The molecule has 0 saturated carbocycles. The van der Waals surface area contributed by atoms with Crippen molar-refractivity contribution in [1.82, 2.24) is 4.98 Å². The van der Waals surface area contributed by atoms with Gasteiger partial charge in [-0.3, -0.25) is 0 Å². The summed E-state index contributed by atoms with van der Waals surface area (Å²) in [5.41, 5.74) is 6.88. The monoisotopic (exact) mass is 271 g/mol. The van der Waals surface area contributed by atoms with Gasteiger partial charge in [-0.15, -0.1) is 0 Å². The molecule has 0 bridgehead atoms. The maximum absolute atomic E-state index is 5.74. The Hall–Kier alpha value is -0.610. The second-order valence-electron chi connectivity index (χ2n) is 4.08. The number of aromatic nitrogens is 1. The lowest BCUT2D eigenvalue weighted by Crippen LogP contribution is -2.26. The van der Waals surface area contributed by atoms with Gasteiger partial charge in [-0.05, 0) is 54.8 Å². The largest absolute Gasteiger partial charge is 0.367 e. The maximum Gasteiger partial charge on any atom is 0.129 e. The van der Waals surface area contributed by atoms with Crippen LogP contribution < -0.4 is 11.1 Å². The van der Waals surface area contributed by atoms with Crippen LogP contribution in [0.15, 0.2) is 16.7 Å². The van der Waals surface area contributed by atoms with Gasteiger partial charge >= 0.3 is 0 Å². The fraction of sp³-hybridized carbons (Fsp3) is 0.545. The van der Waals surface area contributed by atoms with Gasteiger partial charge in [0.05, 0.1) is 0 Å². The highest BCUT2D eigenvalue weighted by molar-refractivity contribution is 9.10. The van der Waals surface area contributed by atoms with E-state index in [9.17, 15) is 0 Å². The van der Waals surface area contributed by atoms with Gasteiger partial charge < -0.3 is 11.1 Å². The standard InChI is InChI=1S/C11H18BrN3/c1-7-4-10(12)6-14-11(7)15-9(3)5-8(2)13/h4,6,8-9H,5,13H2,1-3H3,(H,14,15). The first-order valence-corrected chi connectivity index (χ1v) is 5.92. The van der Waals surface area contributed by atoms with Crippen LogP contribution in [0.25, 0.3) is 0 Å². The number of rotatable bonds is 4. The summed E-state index contributed by atoms with van der Waals surface area (Å²) in [4.78, 5) is 4.33. The van der Waals surface area contributed by atoms with Crippen molar-refractivity contribution in [2.45, 2.75) is 39.3 Å². The predicted molar refractivity (Wildman–Crippen MR) is 68.0 cm³/mol. The van der Waals surface area contributed by atoms with E-state index in [0.29, 0.717) is 6.04 Å². The molecule has 1 aromatic rings. The number of hydrogen-bond acceptors (Lipinski definition) is 3. The zero-order valence-electron chi connectivity index (χ0n) is 9.42. The van der Waals surface area contributed by atoms with Gasteiger partial charge in [0, 0.05) is 22.8 Å². The first-order chi connectivity index (χ1) is 6.99. The van der Waals surface area contributed by atoms with Gasteiger partial charge in [-0.25, -0.2) is 4.98 Å². The van der Waals surface area contributed by atoms with E-state index in [2.05, 4.69) is 33.2 Å². The molecule has 3 nitrogen and oxygen atoms in total. The van der Waals surface area contributed by atoms with Gasteiger partial charge in [0.2, 0.25) is 0 Å². The molecule has 0 saturated heterocycles. The second-order valence-corrected chi connectivity index (χ2v) is 4.99. The Bertz CT molecular complexity index is 326. The van der Waals surface area contributed by atoms with Crippen LogP contribution in [0.2, 0.25) is 0 Å². The van der Waals surface area contributed by atoms with Crippen LogP contribution in [0.5, 0.6) is 0 Å². The minimum atomic E-state index is 0.211. The molecule has 0 aliphatic heterocycles. The van der Waals surface area contributed by atoms with Crippen molar-refractivity contribution >= 4 is 21.7 Å². The van der Waals surface area contributed by atoms with E-state index in [4.69, 9.17) is 5.73 Å². The number of nitrogens with zero attached hydrogens (tertiary/aromatic N) is 1. The van der Waals surface area contributed by atoms with Gasteiger partial charge in [-0.2, -0.15) is 0 Å². The lowest BCUT2D eigenvalue weighted by Gasteiger charge is -2.17. The van der Waals surface area contributed by atoms with E-state index in [0.717, 1.165) is 22.3 Å². The third-order valence-corrected chi connectivity index (χ3v) is 2.59. The predicted octanol–water partition coefficient (Wildman–Crippen LogP) is 2.69. The van der Waals surface area contributed by atoms with E-state index >= 15 is 0 Å². The Morgan fingerprint density at radius 2 is 2.20 bits per heavy atom. The average molecular weight is 272 g/mol. The lowest BCUT2D eigenvalue weighted by atomic mass is 10.1. The SMILES string of the molecule is Cc1cc(Br)cnc1NC(C)CC(C)N. The lowest BCUT2D eigenvalue weighted by molar-refractivity contribution is 0.603. The quantitative estimate of drug-likeness (QED) is 0.886. The molecule has 0 aliphatic rings. The third kappa shape index (κ3) is 4.18. The van der Waals surface area contributed by atoms with Crippen molar-refractivity contribution in [3.05, 3.63) is 22.3 Å². The molecule has 1 rings (SSSR count). The van der Waals surface area contributed by atoms with Gasteiger partial charge in [0.1, 0.15) is 5.82 Å². The highest BCUT2D eigenvalue weighted by Gasteiger charge is 2.07. The molecule has 0 fully saturated rings. The number of halogens is 1. The first kappa shape index (κ1) is 12.5. The van der Waals surface area contributed by atoms with Crippen LogP contribution in [0, 0.1) is 6.92 Å². The van der Waals surface area contributed by atoms with E-state index in [1.165, 1.54) is 0 Å². The van der Waals surface area contributed by atoms with Crippen LogP contribution in [-0.4, -0.2) is 17.1 Å². The summed E-state index contributed by atoms with van der Waals surface area (Å²) in [5.74, 6) is 0.936. The van der Waals surface area contributed by atoms with Crippen LogP contribution in [0.3, 0.4) is 0 Å². The minimum Gasteiger partial charge on any atom is -0.367 e. The molecule has 1 heterocycles. The third-order valence-electron chi connectivity index (χ3n) is 2.15. The van der Waals surface area contributed by atoms with Crippen LogP contribution in [0.1, 0.15) is 25.8 Å². The number of anilines is 1. The summed E-state index contributed by atoms with van der Waals surface area (Å²) >= 11 is 3.39. The summed E-state index contributed by atoms with van der Waals surface area (Å²) in [7, 11) is 0. The van der Waals surface area contributed by atoms with E-state index in [-0.39, 0.29) is 6.04 Å². The van der Waals surface area contributed by atoms with Gasteiger partial charge in [0.15, 0.2) is 0 Å². The Labute approximate surface area is 99.6 Å². The second kappa shape index (κ2) is 5.47. The Balaban J connectivity index is 2.64. The van der Waals surface area contributed by atoms with E-state index in [1.54, 1.807) is 6.20 Å². The van der Waals surface area contributed by atoms with E-state index in [1.807, 2.05) is 19.9 Å². The maximum atomic E-state index is 5.74. The number of nitrogens with two attached hydrogens (primary N) is 1. The van der Waals surface area contributed by atoms with Crippen molar-refractivity contribution in [3.63, 3.8) is 0 Å². The molecule has 0 aromatic carbocycles. The normalized spacial score (nSPS) is 14.7. The summed E-state index contributed by atoms with van der Waals surface area (Å²) < 4.78 is 1.00. The smallest absolute Gasteiger partial charge is 0.129 e. The molecule has 0 amide bonds. The van der Waals surface area contributed by atoms with E-state index < -0.39 is 0 Å². The molecule has 2 unspecified atom stereocenters. The molecule has 15 heavy (non-hydrogen) atoms. The molecule has 0 radical (unpaired) electrons. The highest BCUT2D eigenvalue weighted by atomic mass is 79.9. The summed E-state index contributed by atoms with van der Waals surface area (Å²) in [6.45, 7) is 6.17. The molecule has 1 aromatic heterocycles. The topological polar surface area (TPSA) is 50.9 Å². The molecule has 0 spiro atoms. The Morgan fingerprint density at radius 3 is 2.73 bits per heavy atom. The Kier molecular flexibility index (Phi) is 4.54. The fourth-order valence-corrected chi connectivity index (χ4v) is 1.99. The highest BCUT2D eigenvalue weighted by Crippen LogP contribution is 2.17. The first-order valence-electron chi connectivity index (χ1n) is 5.13. The number of pyridine rings is 1. The Morgan fingerprint density at radius 1 is 1.53 bits per heavy atom. The van der Waals surface area contributed by atoms with Crippen molar-refractivity contribution in [3.8, 4) is 0 Å². The summed E-state index contributed by atoms with van der Waals surface area (Å²) in [5, 5.41) is 3.36. The summed E-state index contributed by atoms with van der Waals surface area (Å²) in [6, 6.07) is 2.61. The number of hydrogen-bond donors (Lipinski definition) is 2. The van der Waals surface area contributed by atoms with Crippen LogP contribution in [-0.2, 0) is 0 Å². The number of nitrogens with one attached hydrogen (secondary N) is 1. The van der Waals surface area contributed by atoms with Crippen molar-refractivity contribution < 1.29 is 0 Å². The van der Waals surface area contributed by atoms with Crippen molar-refractivity contribution in [1.29, 1.82) is 0 Å². The molecule has 4 heteroatoms. The zero-order valence-corrected chi connectivity index (χ0v) is 11.0. The average Bonchev–Trinajstić information content (AvgIpc) is 2.08. The molecule has 2 atom stereocenters. The summed E-state index contributed by atoms with van der Waals surface area (Å²) in [6.07, 6.45) is 2.74. The minimum absolute atomic E-state index is 0.211. The van der Waals surface area contributed by atoms with Gasteiger partial charge in [0.25, 0.3) is 0 Å². The molecular weight excluding hydrogens is 254 g/mol.